The molecule has 1 aliphatic carbocycles. The molecule has 57 heavy (non-hydrogen) atoms. The average Bonchev–Trinajstić information content (AvgIpc) is 3.61. The van der Waals surface area contributed by atoms with Gasteiger partial charge in [0.2, 0.25) is 0 Å². The summed E-state index contributed by atoms with van der Waals surface area (Å²) in [4.78, 5) is 14.9. The van der Waals surface area contributed by atoms with Gasteiger partial charge in [-0.05, 0) is 86.0 Å². The maximum absolute atomic E-state index is 9.71. The zero-order valence-electron chi connectivity index (χ0n) is 30.9. The summed E-state index contributed by atoms with van der Waals surface area (Å²) < 4.78 is 0. The molecule has 0 saturated heterocycles. The van der Waals surface area contributed by atoms with Crippen LogP contribution in [0, 0.1) is 11.3 Å². The summed E-state index contributed by atoms with van der Waals surface area (Å²) in [5.74, 6) is 1.89. The number of nitrogens with zero attached hydrogens (tertiary/aromatic N) is 4. The van der Waals surface area contributed by atoms with Crippen molar-refractivity contribution in [3.8, 4) is 73.6 Å². The SMILES string of the molecule is N#Cc1cccc(-c2cccc(C3(c4cccc(-c5cccc(-c6nc(-c7ccccc7)nc(-c7ccccc7)n6)c5)c4)c4ccccc4-c4ccccc43)c2)c1. The molecule has 10 rings (SSSR count). The number of hydrogen-bond donors (Lipinski definition) is 0. The molecule has 0 bridgehead atoms. The molecule has 0 radical (unpaired) electrons. The Balaban J connectivity index is 1.14. The number of aromatic nitrogens is 3. The third-order valence-corrected chi connectivity index (χ3v) is 11.0. The van der Waals surface area contributed by atoms with Crippen LogP contribution in [0.15, 0.2) is 206 Å². The van der Waals surface area contributed by atoms with Crippen LogP contribution in [0.25, 0.3) is 67.5 Å². The molecule has 0 fully saturated rings. The maximum atomic E-state index is 9.71. The zero-order chi connectivity index (χ0) is 38.2. The Kier molecular flexibility index (Phi) is 8.39. The fourth-order valence-electron chi connectivity index (χ4n) is 8.43. The second-order valence-electron chi connectivity index (χ2n) is 14.3. The summed E-state index contributed by atoms with van der Waals surface area (Å²) in [5.41, 5.74) is 14.3. The van der Waals surface area contributed by atoms with E-state index < -0.39 is 5.41 Å². The first-order valence-electron chi connectivity index (χ1n) is 19.1. The lowest BCUT2D eigenvalue weighted by Crippen LogP contribution is -2.28. The second-order valence-corrected chi connectivity index (χ2v) is 14.3. The molecular weight excluding hydrogens is 693 g/mol. The highest BCUT2D eigenvalue weighted by Crippen LogP contribution is 2.56. The van der Waals surface area contributed by atoms with E-state index in [4.69, 9.17) is 15.0 Å². The van der Waals surface area contributed by atoms with E-state index in [0.717, 1.165) is 44.5 Å². The predicted octanol–water partition coefficient (Wildman–Crippen LogP) is 12.4. The van der Waals surface area contributed by atoms with Crippen molar-refractivity contribution in [3.05, 3.63) is 234 Å². The molecule has 1 aliphatic rings. The standard InChI is InChI=1S/C53H34N4/c54-35-36-15-11-20-39(31-36)41-22-13-25-44(33-41)53(48-29-9-7-27-46(48)47-28-8-10-30-49(47)53)45-26-14-23-42(34-45)40-21-12-24-43(32-40)52-56-50(37-16-3-1-4-17-37)55-51(57-52)38-18-5-2-6-19-38/h1-34H. The Bertz CT molecular complexity index is 2880. The lowest BCUT2D eigenvalue weighted by Gasteiger charge is -2.34. The van der Waals surface area contributed by atoms with Crippen molar-refractivity contribution < 1.29 is 0 Å². The van der Waals surface area contributed by atoms with Crippen LogP contribution in [0.4, 0.5) is 0 Å². The van der Waals surface area contributed by atoms with Gasteiger partial charge in [-0.1, -0.05) is 176 Å². The van der Waals surface area contributed by atoms with Crippen LogP contribution in [-0.4, -0.2) is 15.0 Å². The van der Waals surface area contributed by atoms with Crippen molar-refractivity contribution in [1.29, 1.82) is 5.26 Å². The van der Waals surface area contributed by atoms with E-state index in [1.807, 2.05) is 78.9 Å². The quantitative estimate of drug-likeness (QED) is 0.164. The molecule has 0 atom stereocenters. The normalized spacial score (nSPS) is 12.3. The highest BCUT2D eigenvalue weighted by atomic mass is 15.0. The minimum absolute atomic E-state index is 0.604. The number of hydrogen-bond acceptors (Lipinski definition) is 4. The molecule has 1 heterocycles. The van der Waals surface area contributed by atoms with Crippen molar-refractivity contribution in [2.45, 2.75) is 5.41 Å². The Hall–Kier alpha value is -7.74. The van der Waals surface area contributed by atoms with Gasteiger partial charge in [-0.3, -0.25) is 0 Å². The molecule has 1 aromatic heterocycles. The van der Waals surface area contributed by atoms with Gasteiger partial charge in [0.25, 0.3) is 0 Å². The van der Waals surface area contributed by atoms with Gasteiger partial charge in [0, 0.05) is 16.7 Å². The summed E-state index contributed by atoms with van der Waals surface area (Å²) >= 11 is 0. The van der Waals surface area contributed by atoms with E-state index >= 15 is 0 Å². The van der Waals surface area contributed by atoms with Crippen LogP contribution < -0.4 is 0 Å². The zero-order valence-corrected chi connectivity index (χ0v) is 30.9. The van der Waals surface area contributed by atoms with E-state index in [9.17, 15) is 5.26 Å². The molecule has 8 aromatic carbocycles. The highest BCUT2D eigenvalue weighted by Gasteiger charge is 2.46. The van der Waals surface area contributed by atoms with Crippen molar-refractivity contribution in [3.63, 3.8) is 0 Å². The summed E-state index contributed by atoms with van der Waals surface area (Å²) in [7, 11) is 0. The summed E-state index contributed by atoms with van der Waals surface area (Å²) in [5, 5.41) is 9.71. The van der Waals surface area contributed by atoms with E-state index in [2.05, 4.69) is 133 Å². The van der Waals surface area contributed by atoms with Gasteiger partial charge in [-0.25, -0.2) is 15.0 Å². The largest absolute Gasteiger partial charge is 0.208 e. The average molecular weight is 727 g/mol. The third kappa shape index (κ3) is 5.90. The van der Waals surface area contributed by atoms with Crippen LogP contribution in [-0.2, 0) is 5.41 Å². The minimum atomic E-state index is -0.604. The van der Waals surface area contributed by atoms with Crippen LogP contribution in [0.1, 0.15) is 27.8 Å². The van der Waals surface area contributed by atoms with Crippen LogP contribution in [0.5, 0.6) is 0 Å². The van der Waals surface area contributed by atoms with Crippen molar-refractivity contribution >= 4 is 0 Å². The monoisotopic (exact) mass is 726 g/mol. The van der Waals surface area contributed by atoms with E-state index in [1.54, 1.807) is 0 Å². The number of benzene rings is 8. The number of rotatable bonds is 7. The maximum Gasteiger partial charge on any atom is 0.164 e. The van der Waals surface area contributed by atoms with E-state index in [-0.39, 0.29) is 0 Å². The Labute approximate surface area is 332 Å². The number of nitriles is 1. The minimum Gasteiger partial charge on any atom is -0.208 e. The molecule has 0 aliphatic heterocycles. The number of fused-ring (bicyclic) bond motifs is 3. The fraction of sp³-hybridized carbons (Fsp3) is 0.0189. The molecule has 0 unspecified atom stereocenters. The fourth-order valence-corrected chi connectivity index (χ4v) is 8.43. The molecular formula is C53H34N4. The summed E-state index contributed by atoms with van der Waals surface area (Å²) in [6.45, 7) is 0. The molecule has 0 amide bonds. The van der Waals surface area contributed by atoms with Crippen LogP contribution in [0.2, 0.25) is 0 Å². The first-order valence-corrected chi connectivity index (χ1v) is 19.1. The lowest BCUT2D eigenvalue weighted by atomic mass is 9.67. The first-order chi connectivity index (χ1) is 28.2. The van der Waals surface area contributed by atoms with Gasteiger partial charge < -0.3 is 0 Å². The third-order valence-electron chi connectivity index (χ3n) is 11.0. The Morgan fingerprint density at radius 1 is 0.333 bits per heavy atom. The Morgan fingerprint density at radius 2 is 0.719 bits per heavy atom. The molecule has 0 spiro atoms. The predicted molar refractivity (Wildman–Crippen MR) is 229 cm³/mol. The van der Waals surface area contributed by atoms with Crippen LogP contribution >= 0.6 is 0 Å². The van der Waals surface area contributed by atoms with Crippen molar-refractivity contribution in [1.82, 2.24) is 15.0 Å². The smallest absolute Gasteiger partial charge is 0.164 e. The van der Waals surface area contributed by atoms with Crippen molar-refractivity contribution in [2.24, 2.45) is 0 Å². The summed E-state index contributed by atoms with van der Waals surface area (Å²) in [6, 6.07) is 74.2. The van der Waals surface area contributed by atoms with Gasteiger partial charge in [-0.2, -0.15) is 5.26 Å². The van der Waals surface area contributed by atoms with Gasteiger partial charge in [-0.15, -0.1) is 0 Å². The second kappa shape index (κ2) is 14.2. The highest BCUT2D eigenvalue weighted by molar-refractivity contribution is 5.87. The Morgan fingerprint density at radius 3 is 1.25 bits per heavy atom. The topological polar surface area (TPSA) is 62.5 Å². The van der Waals surface area contributed by atoms with Crippen LogP contribution in [0.3, 0.4) is 0 Å². The molecule has 9 aromatic rings. The van der Waals surface area contributed by atoms with E-state index in [1.165, 1.54) is 27.8 Å². The molecule has 4 nitrogen and oxygen atoms in total. The van der Waals surface area contributed by atoms with Gasteiger partial charge >= 0.3 is 0 Å². The molecule has 266 valence electrons. The molecule has 0 saturated carbocycles. The molecule has 4 heteroatoms. The summed E-state index contributed by atoms with van der Waals surface area (Å²) in [6.07, 6.45) is 0. The van der Waals surface area contributed by atoms with Crippen molar-refractivity contribution in [2.75, 3.05) is 0 Å². The van der Waals surface area contributed by atoms with Gasteiger partial charge in [0.15, 0.2) is 17.5 Å². The van der Waals surface area contributed by atoms with E-state index in [0.29, 0.717) is 23.0 Å². The van der Waals surface area contributed by atoms with Gasteiger partial charge in [0.05, 0.1) is 17.0 Å². The first kappa shape index (κ1) is 33.8. The lowest BCUT2D eigenvalue weighted by molar-refractivity contribution is 0.769. The molecule has 0 N–H and O–H groups in total. The van der Waals surface area contributed by atoms with Gasteiger partial charge in [0.1, 0.15) is 0 Å².